The number of nitrogens with zero attached hydrogens (tertiary/aromatic N) is 1. The topological polar surface area (TPSA) is 104 Å². The Morgan fingerprint density at radius 2 is 1.80 bits per heavy atom. The number of carbonyl (C=O) groups is 2. The van der Waals surface area contributed by atoms with Gasteiger partial charge in [-0.25, -0.2) is 9.79 Å². The SMILES string of the molecule is C#C.CC(=O)c1c(N=C2CCCC2)sc(C(=O)O)c1C.COc1cc(C)ccc1OCc1cc(Cl)c2c(c1)OCO2. The van der Waals surface area contributed by atoms with Crippen LogP contribution < -0.4 is 18.9 Å². The van der Waals surface area contributed by atoms with Crippen LogP contribution in [0.4, 0.5) is 5.00 Å². The maximum atomic E-state index is 11.6. The van der Waals surface area contributed by atoms with E-state index in [1.165, 1.54) is 6.92 Å². The van der Waals surface area contributed by atoms with Gasteiger partial charge in [-0.2, -0.15) is 0 Å². The smallest absolute Gasteiger partial charge is 0.346 e. The fourth-order valence-corrected chi connectivity index (χ4v) is 5.79. The van der Waals surface area contributed by atoms with E-state index in [0.29, 0.717) is 50.8 Å². The molecule has 3 aromatic rings. The Labute approximate surface area is 248 Å². The summed E-state index contributed by atoms with van der Waals surface area (Å²) in [4.78, 5) is 27.5. The lowest BCUT2D eigenvalue weighted by Gasteiger charge is -2.12. The number of ether oxygens (including phenoxy) is 4. The van der Waals surface area contributed by atoms with Crippen LogP contribution in [0.1, 0.15) is 69.3 Å². The van der Waals surface area contributed by atoms with Crippen molar-refractivity contribution in [3.8, 4) is 35.8 Å². The molecule has 0 spiro atoms. The van der Waals surface area contributed by atoms with Crippen LogP contribution in [0.2, 0.25) is 5.02 Å². The highest BCUT2D eigenvalue weighted by Gasteiger charge is 2.23. The van der Waals surface area contributed by atoms with Crippen LogP contribution in [0.3, 0.4) is 0 Å². The molecule has 0 atom stereocenters. The number of aryl methyl sites for hydroxylation is 1. The minimum Gasteiger partial charge on any atom is -0.493 e. The van der Waals surface area contributed by atoms with Crippen LogP contribution >= 0.6 is 22.9 Å². The van der Waals surface area contributed by atoms with E-state index in [1.807, 2.05) is 37.3 Å². The largest absolute Gasteiger partial charge is 0.493 e. The molecule has 1 N–H and O–H groups in total. The van der Waals surface area contributed by atoms with Crippen molar-refractivity contribution in [2.24, 2.45) is 4.99 Å². The zero-order valence-electron chi connectivity index (χ0n) is 23.4. The number of Topliss-reactive ketones (excluding diaryl/α,β-unsaturated/α-hetero) is 1. The van der Waals surface area contributed by atoms with Gasteiger partial charge in [0, 0.05) is 5.71 Å². The van der Waals surface area contributed by atoms with E-state index >= 15 is 0 Å². The van der Waals surface area contributed by atoms with Gasteiger partial charge in [-0.15, -0.1) is 24.2 Å². The van der Waals surface area contributed by atoms with E-state index in [0.717, 1.165) is 53.9 Å². The summed E-state index contributed by atoms with van der Waals surface area (Å²) < 4.78 is 21.7. The average Bonchev–Trinajstić information content (AvgIpc) is 3.70. The minimum absolute atomic E-state index is 0.117. The molecule has 2 aliphatic rings. The number of thiophene rings is 1. The van der Waals surface area contributed by atoms with E-state index in [9.17, 15) is 9.59 Å². The number of aromatic carboxylic acids is 1. The van der Waals surface area contributed by atoms with Gasteiger partial charge in [0.2, 0.25) is 6.79 Å². The summed E-state index contributed by atoms with van der Waals surface area (Å²) in [7, 11) is 1.62. The second kappa shape index (κ2) is 14.6. The number of carbonyl (C=O) groups excluding carboxylic acids is 1. The number of terminal acetylenes is 1. The molecule has 0 amide bonds. The van der Waals surface area contributed by atoms with Gasteiger partial charge in [-0.3, -0.25) is 4.79 Å². The summed E-state index contributed by atoms with van der Waals surface area (Å²) in [6, 6.07) is 9.49. The van der Waals surface area contributed by atoms with Gasteiger partial charge in [0.25, 0.3) is 0 Å². The van der Waals surface area contributed by atoms with Crippen LogP contribution in [0, 0.1) is 26.7 Å². The van der Waals surface area contributed by atoms with Gasteiger partial charge in [-0.05, 0) is 87.4 Å². The molecule has 1 aromatic heterocycles. The molecule has 8 nitrogen and oxygen atoms in total. The van der Waals surface area contributed by atoms with E-state index in [-0.39, 0.29) is 17.5 Å². The van der Waals surface area contributed by atoms with Crippen LogP contribution in [0.15, 0.2) is 35.3 Å². The monoisotopic (exact) mass is 597 g/mol. The predicted molar refractivity (Wildman–Crippen MR) is 161 cm³/mol. The molecule has 216 valence electrons. The average molecular weight is 598 g/mol. The number of benzene rings is 2. The van der Waals surface area contributed by atoms with Crippen LogP contribution in [0.5, 0.6) is 23.0 Å². The lowest BCUT2D eigenvalue weighted by atomic mass is 10.1. The number of carboxylic acids is 1. The number of hydrogen-bond acceptors (Lipinski definition) is 8. The standard InChI is InChI=1S/C16H15ClO4.C13H15NO3S.C2H2/c1-10-3-4-13(14(5-10)18-2)19-8-11-6-12(17)16-15(7-11)20-9-21-16;1-7-10(8(2)15)12(18-11(7)13(16)17)14-9-5-3-4-6-9;1-2/h3-7H,8-9H2,1-2H3;3-6H2,1-2H3,(H,16,17);1-2H. The van der Waals surface area contributed by atoms with E-state index in [1.54, 1.807) is 14.0 Å². The molecule has 0 bridgehead atoms. The molecular weight excluding hydrogens is 566 g/mol. The van der Waals surface area contributed by atoms with Crippen LogP contribution in [-0.4, -0.2) is 36.5 Å². The highest BCUT2D eigenvalue weighted by molar-refractivity contribution is 7.18. The molecule has 1 aliphatic carbocycles. The molecule has 1 saturated carbocycles. The summed E-state index contributed by atoms with van der Waals surface area (Å²) in [5, 5.41) is 10.2. The lowest BCUT2D eigenvalue weighted by Crippen LogP contribution is -1.98. The molecule has 2 heterocycles. The number of methoxy groups -OCH3 is 1. The van der Waals surface area contributed by atoms with E-state index < -0.39 is 5.97 Å². The third-order valence-corrected chi connectivity index (χ3v) is 7.77. The van der Waals surface area contributed by atoms with Crippen molar-refractivity contribution in [1.29, 1.82) is 0 Å². The summed E-state index contributed by atoms with van der Waals surface area (Å²) in [5.74, 6) is 1.54. The van der Waals surface area contributed by atoms with Gasteiger partial charge in [0.1, 0.15) is 16.5 Å². The Morgan fingerprint density at radius 3 is 2.44 bits per heavy atom. The van der Waals surface area contributed by atoms with Crippen molar-refractivity contribution >= 4 is 45.4 Å². The zero-order valence-corrected chi connectivity index (χ0v) is 25.0. The molecule has 5 rings (SSSR count). The summed E-state index contributed by atoms with van der Waals surface area (Å²) in [5.41, 5.74) is 4.11. The first-order chi connectivity index (χ1) is 19.7. The maximum Gasteiger partial charge on any atom is 0.346 e. The Bertz CT molecular complexity index is 1470. The quantitative estimate of drug-likeness (QED) is 0.219. The Morgan fingerprint density at radius 1 is 1.10 bits per heavy atom. The second-order valence-corrected chi connectivity index (χ2v) is 10.6. The van der Waals surface area contributed by atoms with Crippen LogP contribution in [0.25, 0.3) is 0 Å². The third kappa shape index (κ3) is 7.81. The van der Waals surface area contributed by atoms with Crippen LogP contribution in [-0.2, 0) is 6.61 Å². The summed E-state index contributed by atoms with van der Waals surface area (Å²) in [6.07, 6.45) is 12.2. The fourth-order valence-electron chi connectivity index (χ4n) is 4.39. The molecule has 0 unspecified atom stereocenters. The number of fused-ring (bicyclic) bond motifs is 1. The first-order valence-electron chi connectivity index (χ1n) is 12.8. The minimum atomic E-state index is -0.988. The molecule has 10 heteroatoms. The predicted octanol–water partition coefficient (Wildman–Crippen LogP) is 7.82. The normalized spacial score (nSPS) is 12.9. The first kappa shape index (κ1) is 31.5. The second-order valence-electron chi connectivity index (χ2n) is 9.24. The number of rotatable bonds is 7. The van der Waals surface area contributed by atoms with E-state index in [4.69, 9.17) is 35.7 Å². The van der Waals surface area contributed by atoms with Crippen molar-refractivity contribution < 1.29 is 33.6 Å². The maximum absolute atomic E-state index is 11.6. The van der Waals surface area contributed by atoms with Gasteiger partial charge in [0.05, 0.1) is 17.7 Å². The number of aliphatic imine (C=N–C) groups is 1. The van der Waals surface area contributed by atoms with Gasteiger partial charge < -0.3 is 24.1 Å². The number of carboxylic acid groups (broad SMARTS) is 1. The number of hydrogen-bond donors (Lipinski definition) is 1. The van der Waals surface area contributed by atoms with Crippen molar-refractivity contribution in [3.05, 3.63) is 62.5 Å². The van der Waals surface area contributed by atoms with Crippen molar-refractivity contribution in [2.45, 2.75) is 53.1 Å². The Kier molecular flexibility index (Phi) is 11.2. The third-order valence-electron chi connectivity index (χ3n) is 6.32. The molecule has 0 saturated heterocycles. The zero-order chi connectivity index (χ0) is 30.1. The van der Waals surface area contributed by atoms with Crippen molar-refractivity contribution in [2.75, 3.05) is 13.9 Å². The molecule has 41 heavy (non-hydrogen) atoms. The molecule has 1 aliphatic heterocycles. The Balaban J connectivity index is 0.000000215. The lowest BCUT2D eigenvalue weighted by molar-refractivity contribution is 0.0701. The number of ketones is 1. The van der Waals surface area contributed by atoms with E-state index in [2.05, 4.69) is 17.8 Å². The van der Waals surface area contributed by atoms with Crippen molar-refractivity contribution in [3.63, 3.8) is 0 Å². The molecule has 1 fully saturated rings. The number of halogens is 1. The Hall–Kier alpha value is -4.00. The molecule has 0 radical (unpaired) electrons. The fraction of sp³-hybridized carbons (Fsp3) is 0.323. The first-order valence-corrected chi connectivity index (χ1v) is 14.0. The van der Waals surface area contributed by atoms with Gasteiger partial charge in [0.15, 0.2) is 28.8 Å². The highest BCUT2D eigenvalue weighted by atomic mass is 35.5. The summed E-state index contributed by atoms with van der Waals surface area (Å²) >= 11 is 7.25. The van der Waals surface area contributed by atoms with Crippen molar-refractivity contribution in [1.82, 2.24) is 0 Å². The summed E-state index contributed by atoms with van der Waals surface area (Å²) in [6.45, 7) is 5.71. The van der Waals surface area contributed by atoms with Gasteiger partial charge in [-0.1, -0.05) is 17.7 Å². The molecular formula is C31H32ClNO7S. The highest BCUT2D eigenvalue weighted by Crippen LogP contribution is 2.40. The molecule has 2 aromatic carbocycles. The van der Waals surface area contributed by atoms with Gasteiger partial charge >= 0.3 is 5.97 Å².